The van der Waals surface area contributed by atoms with Crippen molar-refractivity contribution in [3.63, 3.8) is 0 Å². The van der Waals surface area contributed by atoms with E-state index in [1.54, 1.807) is 35.0 Å². The van der Waals surface area contributed by atoms with Gasteiger partial charge < -0.3 is 0 Å². The molecule has 1 heterocycles. The molecular weight excluding hydrogens is 480 g/mol. The number of hydrogen-bond donors (Lipinski definition) is 0. The maximum Gasteiger partial charge on any atom is 0.269 e. The van der Waals surface area contributed by atoms with Gasteiger partial charge in [-0.1, -0.05) is 70.7 Å². The summed E-state index contributed by atoms with van der Waals surface area (Å²) in [6, 6.07) is 18.9. The molecule has 156 valence electrons. The smallest absolute Gasteiger partial charge is 0.260 e. The first-order valence-electron chi connectivity index (χ1n) is 9.04. The first-order chi connectivity index (χ1) is 14.8. The SMILES string of the molecule is O=[N+]([O-])c1cccc(Cn2nc(-c3ccc(Cl)c(Cl)c3)cc2-c2ccc(Cl)c(Cl)c2)c1. The minimum Gasteiger partial charge on any atom is -0.260 e. The number of rotatable bonds is 5. The summed E-state index contributed by atoms with van der Waals surface area (Å²) in [5.74, 6) is 0. The van der Waals surface area contributed by atoms with Crippen molar-refractivity contribution in [2.75, 3.05) is 0 Å². The zero-order valence-corrected chi connectivity index (χ0v) is 18.8. The molecule has 0 N–H and O–H groups in total. The fourth-order valence-corrected chi connectivity index (χ4v) is 3.76. The van der Waals surface area contributed by atoms with E-state index in [1.165, 1.54) is 12.1 Å². The Morgan fingerprint density at radius 3 is 2.10 bits per heavy atom. The average molecular weight is 493 g/mol. The first kappa shape index (κ1) is 21.7. The molecule has 5 nitrogen and oxygen atoms in total. The van der Waals surface area contributed by atoms with Gasteiger partial charge in [0.2, 0.25) is 0 Å². The molecule has 0 fully saturated rings. The summed E-state index contributed by atoms with van der Waals surface area (Å²) in [5.41, 5.74) is 3.79. The molecule has 4 rings (SSSR count). The van der Waals surface area contributed by atoms with Crippen molar-refractivity contribution in [1.29, 1.82) is 0 Å². The van der Waals surface area contributed by atoms with Crippen LogP contribution in [0.25, 0.3) is 22.5 Å². The van der Waals surface area contributed by atoms with Crippen LogP contribution in [0.15, 0.2) is 66.7 Å². The molecule has 0 spiro atoms. The Hall–Kier alpha value is -2.57. The standard InChI is InChI=1S/C22H13Cl4N3O2/c23-17-6-4-14(9-19(17)25)21-11-22(15-5-7-18(24)20(26)10-15)28(27-21)12-13-2-1-3-16(8-13)29(30)31/h1-11H,12H2. The van der Waals surface area contributed by atoms with Gasteiger partial charge in [0.25, 0.3) is 5.69 Å². The number of non-ortho nitro benzene ring substituents is 1. The number of aromatic nitrogens is 2. The third kappa shape index (κ3) is 4.70. The highest BCUT2D eigenvalue weighted by molar-refractivity contribution is 6.42. The highest BCUT2D eigenvalue weighted by atomic mass is 35.5. The maximum atomic E-state index is 11.1. The minimum atomic E-state index is -0.423. The van der Waals surface area contributed by atoms with Crippen molar-refractivity contribution < 1.29 is 4.92 Å². The summed E-state index contributed by atoms with van der Waals surface area (Å²) in [7, 11) is 0. The molecule has 0 amide bonds. The lowest BCUT2D eigenvalue weighted by molar-refractivity contribution is -0.384. The molecule has 0 saturated heterocycles. The van der Waals surface area contributed by atoms with Gasteiger partial charge >= 0.3 is 0 Å². The summed E-state index contributed by atoms with van der Waals surface area (Å²) in [6.07, 6.45) is 0. The van der Waals surface area contributed by atoms with Gasteiger partial charge in [0.15, 0.2) is 0 Å². The van der Waals surface area contributed by atoms with Crippen molar-refractivity contribution >= 4 is 52.1 Å². The number of hydrogen-bond acceptors (Lipinski definition) is 3. The van der Waals surface area contributed by atoms with E-state index in [1.807, 2.05) is 24.3 Å². The summed E-state index contributed by atoms with van der Waals surface area (Å²) in [4.78, 5) is 10.7. The third-order valence-corrected chi connectivity index (χ3v) is 6.14. The number of benzene rings is 3. The fraction of sp³-hybridized carbons (Fsp3) is 0.0455. The molecule has 0 bridgehead atoms. The molecule has 0 atom stereocenters. The second-order valence-electron chi connectivity index (χ2n) is 6.76. The minimum absolute atomic E-state index is 0.0189. The molecule has 0 radical (unpaired) electrons. The molecule has 0 saturated carbocycles. The van der Waals surface area contributed by atoms with Crippen LogP contribution in [-0.4, -0.2) is 14.7 Å². The van der Waals surface area contributed by atoms with Gasteiger partial charge in [0.1, 0.15) is 0 Å². The molecule has 1 aromatic heterocycles. The van der Waals surface area contributed by atoms with E-state index in [2.05, 4.69) is 0 Å². The third-order valence-electron chi connectivity index (χ3n) is 4.66. The van der Waals surface area contributed by atoms with E-state index in [0.29, 0.717) is 32.3 Å². The second-order valence-corrected chi connectivity index (χ2v) is 8.39. The number of nitrogens with zero attached hydrogens (tertiary/aromatic N) is 3. The number of nitro groups is 1. The molecule has 9 heteroatoms. The van der Waals surface area contributed by atoms with Crippen LogP contribution in [0.1, 0.15) is 5.56 Å². The van der Waals surface area contributed by atoms with Crippen molar-refractivity contribution in [3.8, 4) is 22.5 Å². The van der Waals surface area contributed by atoms with Gasteiger partial charge in [-0.2, -0.15) is 5.10 Å². The quantitative estimate of drug-likeness (QED) is 0.211. The van der Waals surface area contributed by atoms with Gasteiger partial charge in [0, 0.05) is 23.3 Å². The molecule has 31 heavy (non-hydrogen) atoms. The van der Waals surface area contributed by atoms with E-state index >= 15 is 0 Å². The fourth-order valence-electron chi connectivity index (χ4n) is 3.16. The van der Waals surface area contributed by atoms with E-state index < -0.39 is 4.92 Å². The van der Waals surface area contributed by atoms with Crippen LogP contribution in [0, 0.1) is 10.1 Å². The molecule has 0 aliphatic carbocycles. The summed E-state index contributed by atoms with van der Waals surface area (Å²) < 4.78 is 1.76. The van der Waals surface area contributed by atoms with Gasteiger partial charge in [-0.05, 0) is 35.9 Å². The second kappa shape index (κ2) is 8.89. The van der Waals surface area contributed by atoms with Gasteiger partial charge in [-0.25, -0.2) is 0 Å². The number of halogens is 4. The lowest BCUT2D eigenvalue weighted by Crippen LogP contribution is -2.04. The van der Waals surface area contributed by atoms with E-state index in [9.17, 15) is 10.1 Å². The zero-order valence-electron chi connectivity index (χ0n) is 15.7. The Morgan fingerprint density at radius 2 is 1.45 bits per heavy atom. The van der Waals surface area contributed by atoms with Crippen LogP contribution >= 0.6 is 46.4 Å². The Balaban J connectivity index is 1.82. The van der Waals surface area contributed by atoms with Gasteiger partial charge in [-0.3, -0.25) is 14.8 Å². The topological polar surface area (TPSA) is 61.0 Å². The molecule has 0 aliphatic heterocycles. The summed E-state index contributed by atoms with van der Waals surface area (Å²) in [6.45, 7) is 0.318. The van der Waals surface area contributed by atoms with Crippen molar-refractivity contribution in [2.24, 2.45) is 0 Å². The highest BCUT2D eigenvalue weighted by Gasteiger charge is 2.15. The van der Waals surface area contributed by atoms with Crippen LogP contribution < -0.4 is 0 Å². The monoisotopic (exact) mass is 491 g/mol. The van der Waals surface area contributed by atoms with E-state index in [-0.39, 0.29) is 5.69 Å². The van der Waals surface area contributed by atoms with Crippen LogP contribution in [-0.2, 0) is 6.54 Å². The number of nitro benzene ring substituents is 1. The molecular formula is C22H13Cl4N3O2. The first-order valence-corrected chi connectivity index (χ1v) is 10.5. The van der Waals surface area contributed by atoms with Crippen LogP contribution in [0.5, 0.6) is 0 Å². The molecule has 0 aliphatic rings. The van der Waals surface area contributed by atoms with Crippen LogP contribution in [0.3, 0.4) is 0 Å². The Kier molecular flexibility index (Phi) is 6.21. The van der Waals surface area contributed by atoms with Gasteiger partial charge in [-0.15, -0.1) is 0 Å². The molecule has 0 unspecified atom stereocenters. The normalized spacial score (nSPS) is 11.0. The maximum absolute atomic E-state index is 11.1. The Morgan fingerprint density at radius 1 is 0.806 bits per heavy atom. The predicted octanol–water partition coefficient (Wildman–Crippen LogP) is 7.79. The van der Waals surface area contributed by atoms with E-state index in [0.717, 1.165) is 22.4 Å². The largest absolute Gasteiger partial charge is 0.269 e. The van der Waals surface area contributed by atoms with Crippen LogP contribution in [0.4, 0.5) is 5.69 Å². The lowest BCUT2D eigenvalue weighted by atomic mass is 10.1. The van der Waals surface area contributed by atoms with Crippen molar-refractivity contribution in [1.82, 2.24) is 9.78 Å². The van der Waals surface area contributed by atoms with E-state index in [4.69, 9.17) is 51.5 Å². The Labute approximate surface area is 197 Å². The highest BCUT2D eigenvalue weighted by Crippen LogP contribution is 2.33. The zero-order chi connectivity index (χ0) is 22.1. The lowest BCUT2D eigenvalue weighted by Gasteiger charge is -2.09. The van der Waals surface area contributed by atoms with Gasteiger partial charge in [0.05, 0.1) is 42.9 Å². The molecule has 4 aromatic rings. The average Bonchev–Trinajstić information content (AvgIpc) is 3.16. The van der Waals surface area contributed by atoms with Crippen molar-refractivity contribution in [2.45, 2.75) is 6.54 Å². The van der Waals surface area contributed by atoms with Crippen molar-refractivity contribution in [3.05, 3.63) is 102 Å². The summed E-state index contributed by atoms with van der Waals surface area (Å²) >= 11 is 24.5. The molecule has 3 aromatic carbocycles. The Bertz CT molecular complexity index is 1300. The summed E-state index contributed by atoms with van der Waals surface area (Å²) in [5, 5.41) is 17.6. The predicted molar refractivity (Wildman–Crippen MR) is 125 cm³/mol. The van der Waals surface area contributed by atoms with Crippen LogP contribution in [0.2, 0.25) is 20.1 Å².